The Morgan fingerprint density at radius 1 is 1.13 bits per heavy atom. The second kappa shape index (κ2) is 10.8. The van der Waals surface area contributed by atoms with Crippen molar-refractivity contribution in [2.75, 3.05) is 44.3 Å². The molecule has 1 saturated carbocycles. The monoisotopic (exact) mass is 630 g/mol. The number of likely N-dealkylation sites (tertiary alicyclic amines) is 1. The lowest BCUT2D eigenvalue weighted by Gasteiger charge is -2.34. The molecule has 9 rings (SSSR count). The van der Waals surface area contributed by atoms with E-state index in [0.717, 1.165) is 64.9 Å². The molecular weight excluding hydrogens is 595 g/mol. The minimum atomic E-state index is -0.668. The molecule has 5 aliphatic rings. The fraction of sp³-hybridized carbons (Fsp3) is 0.432. The first-order valence-corrected chi connectivity index (χ1v) is 16.6. The summed E-state index contributed by atoms with van der Waals surface area (Å²) in [6.07, 6.45) is 11.6. The van der Waals surface area contributed by atoms with Crippen LogP contribution in [0.25, 0.3) is 32.8 Å². The first-order chi connectivity index (χ1) is 22.9. The van der Waals surface area contributed by atoms with Gasteiger partial charge in [-0.25, -0.2) is 4.39 Å². The SMILES string of the molecule is C#Cc1cccc2cc(O)cc(-c3c(C#N)cc4c(N5CC6CCC(C5)N6)nc(OCC5(CN6C[C@H]7C[C@@H]6CO7)CC5)nc4c3F)c12. The van der Waals surface area contributed by atoms with Gasteiger partial charge >= 0.3 is 6.01 Å². The van der Waals surface area contributed by atoms with Crippen molar-refractivity contribution in [1.29, 1.82) is 5.26 Å². The number of morpholine rings is 1. The lowest BCUT2D eigenvalue weighted by molar-refractivity contribution is 0.0176. The number of fused-ring (bicyclic) bond motifs is 6. The number of nitrogens with one attached hydrogen (secondary N) is 1. The number of phenols is 1. The average Bonchev–Trinajstić information content (AvgIpc) is 3.34. The van der Waals surface area contributed by atoms with Gasteiger partial charge in [-0.2, -0.15) is 15.2 Å². The van der Waals surface area contributed by atoms with Crippen LogP contribution >= 0.6 is 0 Å². The predicted molar refractivity (Wildman–Crippen MR) is 176 cm³/mol. The number of hydrogen-bond acceptors (Lipinski definition) is 9. The van der Waals surface area contributed by atoms with E-state index < -0.39 is 5.82 Å². The summed E-state index contributed by atoms with van der Waals surface area (Å²) in [6.45, 7) is 4.61. The molecule has 2 N–H and O–H groups in total. The van der Waals surface area contributed by atoms with Crippen molar-refractivity contribution in [3.05, 3.63) is 53.3 Å². The molecule has 47 heavy (non-hydrogen) atoms. The molecule has 5 heterocycles. The molecule has 0 radical (unpaired) electrons. The highest BCUT2D eigenvalue weighted by atomic mass is 19.1. The molecule has 4 bridgehead atoms. The summed E-state index contributed by atoms with van der Waals surface area (Å²) in [4.78, 5) is 14.3. The van der Waals surface area contributed by atoms with Crippen molar-refractivity contribution in [1.82, 2.24) is 20.2 Å². The van der Waals surface area contributed by atoms with Crippen molar-refractivity contribution in [2.24, 2.45) is 5.41 Å². The Hall–Kier alpha value is -4.48. The van der Waals surface area contributed by atoms with Gasteiger partial charge in [-0.1, -0.05) is 18.1 Å². The summed E-state index contributed by atoms with van der Waals surface area (Å²) >= 11 is 0. The third-order valence-electron chi connectivity index (χ3n) is 10.9. The molecule has 0 amide bonds. The standard InChI is InChI=1S/C37H35FN6O3/c1-2-21-4-3-5-22-10-27(45)13-29(31(21)22)32-23(14-39)11-30-34(33(32)38)41-36(42-35(30)43-15-24-6-7-25(16-43)40-24)47-20-37(8-9-37)19-44-17-28-12-26(44)18-46-28/h1,3-5,10-11,13,24-26,28,40,45H,6-9,12,15-20H2/t24?,25?,26-,28-/m1/s1. The van der Waals surface area contributed by atoms with Gasteiger partial charge in [0.15, 0.2) is 5.82 Å². The van der Waals surface area contributed by atoms with Crippen molar-refractivity contribution in [3.63, 3.8) is 0 Å². The fourth-order valence-corrected chi connectivity index (χ4v) is 8.39. The molecule has 4 atom stereocenters. The first-order valence-electron chi connectivity index (χ1n) is 16.6. The van der Waals surface area contributed by atoms with Crippen LogP contribution in [0.4, 0.5) is 10.2 Å². The number of nitriles is 1. The summed E-state index contributed by atoms with van der Waals surface area (Å²) in [5.74, 6) is 2.54. The maximum atomic E-state index is 17.2. The topological polar surface area (TPSA) is 107 Å². The number of aromatic hydroxyl groups is 1. The number of benzene rings is 3. The van der Waals surface area contributed by atoms with Gasteiger partial charge < -0.3 is 24.8 Å². The highest BCUT2D eigenvalue weighted by Crippen LogP contribution is 2.48. The van der Waals surface area contributed by atoms with Gasteiger partial charge in [0.25, 0.3) is 0 Å². The molecular formula is C37H35FN6O3. The minimum Gasteiger partial charge on any atom is -0.508 e. The molecule has 3 aromatic carbocycles. The van der Waals surface area contributed by atoms with Gasteiger partial charge in [0.1, 0.15) is 17.1 Å². The van der Waals surface area contributed by atoms with E-state index in [1.807, 2.05) is 6.07 Å². The number of aromatic nitrogens is 2. The Bertz CT molecular complexity index is 2020. The van der Waals surface area contributed by atoms with E-state index in [9.17, 15) is 10.4 Å². The number of anilines is 1. The molecule has 238 valence electrons. The molecule has 4 aliphatic heterocycles. The quantitative estimate of drug-likeness (QED) is 0.281. The molecule has 0 spiro atoms. The van der Waals surface area contributed by atoms with Gasteiger partial charge in [-0.05, 0) is 67.3 Å². The molecule has 9 nitrogen and oxygen atoms in total. The number of terminal acetylenes is 1. The number of nitrogens with zero attached hydrogens (tertiary/aromatic N) is 5. The predicted octanol–water partition coefficient (Wildman–Crippen LogP) is 4.72. The normalized spacial score (nSPS) is 25.7. The number of hydrogen-bond donors (Lipinski definition) is 2. The molecule has 5 fully saturated rings. The van der Waals surface area contributed by atoms with Gasteiger partial charge in [-0.3, -0.25) is 4.90 Å². The van der Waals surface area contributed by atoms with Crippen LogP contribution in [0.1, 0.15) is 43.2 Å². The van der Waals surface area contributed by atoms with E-state index in [1.165, 1.54) is 6.07 Å². The zero-order chi connectivity index (χ0) is 31.9. The first kappa shape index (κ1) is 28.7. The Morgan fingerprint density at radius 3 is 2.66 bits per heavy atom. The van der Waals surface area contributed by atoms with Gasteiger partial charge in [0.2, 0.25) is 0 Å². The van der Waals surface area contributed by atoms with E-state index in [4.69, 9.17) is 25.9 Å². The lowest BCUT2D eigenvalue weighted by atomic mass is 9.90. The molecule has 2 unspecified atom stereocenters. The summed E-state index contributed by atoms with van der Waals surface area (Å²) in [7, 11) is 0. The van der Waals surface area contributed by atoms with Crippen LogP contribution in [-0.2, 0) is 4.74 Å². The van der Waals surface area contributed by atoms with Crippen LogP contribution in [0.2, 0.25) is 0 Å². The average molecular weight is 631 g/mol. The minimum absolute atomic E-state index is 0.0254. The van der Waals surface area contributed by atoms with Crippen LogP contribution in [0.15, 0.2) is 36.4 Å². The Morgan fingerprint density at radius 2 is 1.96 bits per heavy atom. The van der Waals surface area contributed by atoms with Crippen LogP contribution in [0.5, 0.6) is 11.8 Å². The summed E-state index contributed by atoms with van der Waals surface area (Å²) in [6, 6.07) is 13.6. The smallest absolute Gasteiger partial charge is 0.319 e. The molecule has 1 aliphatic carbocycles. The number of piperazine rings is 1. The van der Waals surface area contributed by atoms with Crippen LogP contribution in [0.3, 0.4) is 0 Å². The fourth-order valence-electron chi connectivity index (χ4n) is 8.39. The number of phenolic OH excluding ortho intramolecular Hbond substituents is 1. The Balaban J connectivity index is 1.16. The second-order valence-corrected chi connectivity index (χ2v) is 14.1. The van der Waals surface area contributed by atoms with Gasteiger partial charge in [0.05, 0.1) is 31.0 Å². The molecule has 4 saturated heterocycles. The Labute approximate surface area is 272 Å². The van der Waals surface area contributed by atoms with Gasteiger partial charge in [0, 0.05) is 71.6 Å². The van der Waals surface area contributed by atoms with E-state index in [2.05, 4.69) is 27.1 Å². The number of ether oxygens (including phenoxy) is 2. The Kier molecular flexibility index (Phi) is 6.59. The van der Waals surface area contributed by atoms with E-state index in [1.54, 1.807) is 24.3 Å². The van der Waals surface area contributed by atoms with E-state index >= 15 is 4.39 Å². The second-order valence-electron chi connectivity index (χ2n) is 14.1. The zero-order valence-corrected chi connectivity index (χ0v) is 26.0. The lowest BCUT2D eigenvalue weighted by Crippen LogP contribution is -2.51. The number of halogens is 1. The highest BCUT2D eigenvalue weighted by Gasteiger charge is 2.49. The van der Waals surface area contributed by atoms with Crippen molar-refractivity contribution < 1.29 is 19.0 Å². The molecule has 4 aromatic rings. The number of rotatable bonds is 7. The van der Waals surface area contributed by atoms with E-state index in [0.29, 0.717) is 63.9 Å². The van der Waals surface area contributed by atoms with Crippen molar-refractivity contribution in [2.45, 2.75) is 56.3 Å². The van der Waals surface area contributed by atoms with Crippen LogP contribution < -0.4 is 15.0 Å². The van der Waals surface area contributed by atoms with Gasteiger partial charge in [-0.15, -0.1) is 6.42 Å². The summed E-state index contributed by atoms with van der Waals surface area (Å²) in [5.41, 5.74) is 1.15. The van der Waals surface area contributed by atoms with Crippen molar-refractivity contribution >= 4 is 27.5 Å². The zero-order valence-electron chi connectivity index (χ0n) is 26.0. The third-order valence-corrected chi connectivity index (χ3v) is 10.9. The molecule has 1 aromatic heterocycles. The highest BCUT2D eigenvalue weighted by molar-refractivity contribution is 6.05. The van der Waals surface area contributed by atoms with E-state index in [-0.39, 0.29) is 33.8 Å². The largest absolute Gasteiger partial charge is 0.508 e. The van der Waals surface area contributed by atoms with Crippen LogP contribution in [-0.4, -0.2) is 83.6 Å². The summed E-state index contributed by atoms with van der Waals surface area (Å²) < 4.78 is 29.4. The maximum Gasteiger partial charge on any atom is 0.319 e. The van der Waals surface area contributed by atoms with Crippen molar-refractivity contribution in [3.8, 4) is 41.3 Å². The molecule has 10 heteroatoms. The van der Waals surface area contributed by atoms with Crippen LogP contribution in [0, 0.1) is 34.9 Å². The third kappa shape index (κ3) is 4.86. The summed E-state index contributed by atoms with van der Waals surface area (Å²) in [5, 5.41) is 26.4. The maximum absolute atomic E-state index is 17.2.